The van der Waals surface area contributed by atoms with E-state index >= 15 is 0 Å². The summed E-state index contributed by atoms with van der Waals surface area (Å²) in [6.45, 7) is 3.67. The minimum absolute atomic E-state index is 0.230. The summed E-state index contributed by atoms with van der Waals surface area (Å²) < 4.78 is 13.3. The van der Waals surface area contributed by atoms with Crippen LogP contribution in [0.5, 0.6) is 0 Å². The van der Waals surface area contributed by atoms with Crippen LogP contribution in [0.1, 0.15) is 52.0 Å². The van der Waals surface area contributed by atoms with Gasteiger partial charge in [0.25, 0.3) is 11.8 Å². The average molecular weight is 355 g/mol. The molecule has 0 saturated carbocycles. The normalized spacial score (nSPS) is 14.6. The number of imide groups is 1. The van der Waals surface area contributed by atoms with Gasteiger partial charge in [-0.15, -0.1) is 0 Å². The van der Waals surface area contributed by atoms with E-state index in [1.807, 2.05) is 6.07 Å². The Morgan fingerprint density at radius 2 is 1.81 bits per heavy atom. The second kappa shape index (κ2) is 8.19. The van der Waals surface area contributed by atoms with Crippen LogP contribution in [0.2, 0.25) is 0 Å². The van der Waals surface area contributed by atoms with Gasteiger partial charge < -0.3 is 5.32 Å². The first-order valence-electron chi connectivity index (χ1n) is 8.89. The van der Waals surface area contributed by atoms with Gasteiger partial charge in [-0.25, -0.2) is 4.98 Å². The number of hydrogen-bond donors (Lipinski definition) is 1. The van der Waals surface area contributed by atoms with Crippen molar-refractivity contribution in [2.24, 2.45) is 0 Å². The van der Waals surface area contributed by atoms with Crippen LogP contribution >= 0.6 is 0 Å². The number of halogens is 1. The number of hydrogen-bond acceptors (Lipinski definition) is 4. The predicted octanol–water partition coefficient (Wildman–Crippen LogP) is 2.99. The third kappa shape index (κ3) is 3.80. The molecule has 1 atom stereocenters. The van der Waals surface area contributed by atoms with Gasteiger partial charge in [0.1, 0.15) is 0 Å². The van der Waals surface area contributed by atoms with E-state index in [2.05, 4.69) is 17.2 Å². The fourth-order valence-electron chi connectivity index (χ4n) is 3.31. The average Bonchev–Trinajstić information content (AvgIpc) is 2.89. The molecule has 0 bridgehead atoms. The summed E-state index contributed by atoms with van der Waals surface area (Å²) in [4.78, 5) is 29.4. The van der Waals surface area contributed by atoms with Crippen molar-refractivity contribution in [1.29, 1.82) is 0 Å². The number of nitrogens with one attached hydrogen (secondary N) is 1. The maximum Gasteiger partial charge on any atom is 0.261 e. The Balaban J connectivity index is 1.46. The van der Waals surface area contributed by atoms with Gasteiger partial charge in [-0.1, -0.05) is 19.1 Å². The molecule has 1 aromatic carbocycles. The number of rotatable bonds is 8. The van der Waals surface area contributed by atoms with Crippen LogP contribution in [0.3, 0.4) is 0 Å². The zero-order valence-corrected chi connectivity index (χ0v) is 14.7. The molecule has 26 heavy (non-hydrogen) atoms. The van der Waals surface area contributed by atoms with E-state index in [-0.39, 0.29) is 17.7 Å². The van der Waals surface area contributed by atoms with Crippen molar-refractivity contribution in [3.8, 4) is 0 Å². The number of fused-ring (bicyclic) bond motifs is 1. The molecule has 136 valence electrons. The van der Waals surface area contributed by atoms with Crippen LogP contribution in [-0.4, -0.2) is 41.3 Å². The molecule has 2 aromatic rings. The number of pyridine rings is 1. The van der Waals surface area contributed by atoms with Gasteiger partial charge in [0, 0.05) is 19.3 Å². The van der Waals surface area contributed by atoms with Gasteiger partial charge >= 0.3 is 0 Å². The molecule has 0 spiro atoms. The van der Waals surface area contributed by atoms with E-state index in [1.54, 1.807) is 24.3 Å². The second-order valence-corrected chi connectivity index (χ2v) is 6.36. The minimum Gasteiger partial charge on any atom is -0.315 e. The topological polar surface area (TPSA) is 62.3 Å². The maximum absolute atomic E-state index is 13.3. The zero-order valence-electron chi connectivity index (χ0n) is 14.7. The fraction of sp³-hybridized carbons (Fsp3) is 0.350. The molecular weight excluding hydrogens is 333 g/mol. The first kappa shape index (κ1) is 18.2. The van der Waals surface area contributed by atoms with Crippen LogP contribution in [0.15, 0.2) is 42.6 Å². The highest BCUT2D eigenvalue weighted by molar-refractivity contribution is 6.21. The highest BCUT2D eigenvalue weighted by Gasteiger charge is 2.34. The number of benzene rings is 1. The van der Waals surface area contributed by atoms with Gasteiger partial charge in [-0.3, -0.25) is 14.5 Å². The first-order valence-corrected chi connectivity index (χ1v) is 8.89. The zero-order chi connectivity index (χ0) is 18.5. The molecule has 6 heteroatoms. The summed E-state index contributed by atoms with van der Waals surface area (Å²) in [6, 6.07) is 10.2. The molecular formula is C20H22FN3O2. The minimum atomic E-state index is -0.459. The van der Waals surface area contributed by atoms with Crippen LogP contribution in [-0.2, 0) is 0 Å². The number of carbonyl (C=O) groups excluding carboxylic acids is 2. The number of amides is 2. The standard InChI is InChI=1S/C20H22FN3O2/c1-2-14(15-8-10-23-18(21)13-15)7-9-22-11-12-24-19(25)16-5-3-4-6-17(16)20(24)26/h3-6,8,10,13-14,22H,2,7,9,11-12H2,1H3. The van der Waals surface area contributed by atoms with E-state index in [1.165, 1.54) is 17.2 Å². The van der Waals surface area contributed by atoms with Crippen LogP contribution in [0, 0.1) is 5.95 Å². The molecule has 1 aliphatic rings. The van der Waals surface area contributed by atoms with Crippen LogP contribution in [0.4, 0.5) is 4.39 Å². The van der Waals surface area contributed by atoms with Crippen molar-refractivity contribution >= 4 is 11.8 Å². The lowest BCUT2D eigenvalue weighted by molar-refractivity contribution is 0.0655. The Kier molecular flexibility index (Phi) is 5.73. The number of carbonyl (C=O) groups is 2. The molecule has 1 aliphatic heterocycles. The molecule has 0 aliphatic carbocycles. The molecule has 1 aromatic heterocycles. The lowest BCUT2D eigenvalue weighted by atomic mass is 9.94. The van der Waals surface area contributed by atoms with Crippen LogP contribution in [0.25, 0.3) is 0 Å². The summed E-state index contributed by atoms with van der Waals surface area (Å²) in [5.41, 5.74) is 1.90. The monoisotopic (exact) mass is 355 g/mol. The van der Waals surface area contributed by atoms with Gasteiger partial charge in [-0.2, -0.15) is 4.39 Å². The fourth-order valence-corrected chi connectivity index (χ4v) is 3.31. The molecule has 0 saturated heterocycles. The largest absolute Gasteiger partial charge is 0.315 e. The summed E-state index contributed by atoms with van der Waals surface area (Å²) in [5, 5.41) is 3.27. The lowest BCUT2D eigenvalue weighted by Crippen LogP contribution is -2.36. The van der Waals surface area contributed by atoms with Crippen molar-refractivity contribution < 1.29 is 14.0 Å². The summed E-state index contributed by atoms with van der Waals surface area (Å²) in [7, 11) is 0. The Morgan fingerprint density at radius 1 is 1.12 bits per heavy atom. The van der Waals surface area contributed by atoms with E-state index in [4.69, 9.17) is 0 Å². The molecule has 2 amide bonds. The SMILES string of the molecule is CCC(CCNCCN1C(=O)c2ccccc2C1=O)c1ccnc(F)c1. The molecule has 0 fully saturated rings. The van der Waals surface area contributed by atoms with E-state index in [9.17, 15) is 14.0 Å². The van der Waals surface area contributed by atoms with Gasteiger partial charge in [0.05, 0.1) is 11.1 Å². The highest BCUT2D eigenvalue weighted by atomic mass is 19.1. The third-order valence-corrected chi connectivity index (χ3v) is 4.77. The predicted molar refractivity (Wildman–Crippen MR) is 96.5 cm³/mol. The molecule has 3 rings (SSSR count). The summed E-state index contributed by atoms with van der Waals surface area (Å²) in [5.74, 6) is -0.670. The molecule has 2 heterocycles. The number of aromatic nitrogens is 1. The van der Waals surface area contributed by atoms with Crippen molar-refractivity contribution in [2.45, 2.75) is 25.7 Å². The van der Waals surface area contributed by atoms with Crippen molar-refractivity contribution in [3.05, 3.63) is 65.2 Å². The first-order chi connectivity index (χ1) is 12.6. The quantitative estimate of drug-likeness (QED) is 0.449. The second-order valence-electron chi connectivity index (χ2n) is 6.36. The Bertz CT molecular complexity index is 774. The Hall–Kier alpha value is -2.60. The third-order valence-electron chi connectivity index (χ3n) is 4.77. The molecule has 0 radical (unpaired) electrons. The Morgan fingerprint density at radius 3 is 2.42 bits per heavy atom. The van der Waals surface area contributed by atoms with Gasteiger partial charge in [0.2, 0.25) is 5.95 Å². The smallest absolute Gasteiger partial charge is 0.261 e. The molecule has 1 unspecified atom stereocenters. The van der Waals surface area contributed by atoms with E-state index in [0.717, 1.165) is 24.9 Å². The van der Waals surface area contributed by atoms with Crippen molar-refractivity contribution in [2.75, 3.05) is 19.6 Å². The van der Waals surface area contributed by atoms with E-state index < -0.39 is 5.95 Å². The summed E-state index contributed by atoms with van der Waals surface area (Å²) in [6.07, 6.45) is 3.24. The van der Waals surface area contributed by atoms with E-state index in [0.29, 0.717) is 24.2 Å². The van der Waals surface area contributed by atoms with Gasteiger partial charge in [0.15, 0.2) is 0 Å². The molecule has 5 nitrogen and oxygen atoms in total. The summed E-state index contributed by atoms with van der Waals surface area (Å²) >= 11 is 0. The maximum atomic E-state index is 13.3. The van der Waals surface area contributed by atoms with Crippen molar-refractivity contribution in [1.82, 2.24) is 15.2 Å². The Labute approximate surface area is 152 Å². The van der Waals surface area contributed by atoms with Crippen molar-refractivity contribution in [3.63, 3.8) is 0 Å². The molecule has 1 N–H and O–H groups in total. The van der Waals surface area contributed by atoms with Crippen LogP contribution < -0.4 is 5.32 Å². The highest BCUT2D eigenvalue weighted by Crippen LogP contribution is 2.23. The lowest BCUT2D eigenvalue weighted by Gasteiger charge is -2.17. The number of nitrogens with zero attached hydrogens (tertiary/aromatic N) is 2. The van der Waals surface area contributed by atoms with Gasteiger partial charge in [-0.05, 0) is 55.1 Å².